The molecule has 56 heavy (non-hydrogen) atoms. The summed E-state index contributed by atoms with van der Waals surface area (Å²) < 4.78 is 16.5. The largest absolute Gasteiger partial charge is 0.454 e. The molecule has 0 spiro atoms. The van der Waals surface area contributed by atoms with Crippen molar-refractivity contribution in [3.8, 4) is 11.1 Å². The molecule has 3 aliphatic rings. The number of aryl methyl sites for hydroxylation is 1. The molecule has 0 amide bonds. The molecular formula is C51H39BN2O2. The number of hydrogen-bond donors (Lipinski definition) is 0. The molecule has 4 nitrogen and oxygen atoms in total. The predicted octanol–water partition coefficient (Wildman–Crippen LogP) is 12.7. The second-order valence-corrected chi connectivity index (χ2v) is 17.9. The smallest absolute Gasteiger partial charge is 0.333 e. The molecule has 0 radical (unpaired) electrons. The lowest BCUT2D eigenvalue weighted by molar-refractivity contribution is 0.332. The van der Waals surface area contributed by atoms with E-state index in [1.54, 1.807) is 0 Å². The Hall–Kier alpha value is -6.20. The highest BCUT2D eigenvalue weighted by atomic mass is 16.3. The van der Waals surface area contributed by atoms with Crippen molar-refractivity contribution in [1.82, 2.24) is 4.48 Å². The summed E-state index contributed by atoms with van der Waals surface area (Å²) in [5, 5.41) is 7.07. The number of benzene rings is 7. The Labute approximate surface area is 325 Å². The lowest BCUT2D eigenvalue weighted by atomic mass is 9.44. The first-order chi connectivity index (χ1) is 27.2. The normalized spacial score (nSPS) is 16.4. The van der Waals surface area contributed by atoms with Crippen LogP contribution in [0.1, 0.15) is 57.2 Å². The average Bonchev–Trinajstić information content (AvgIpc) is 3.88. The van der Waals surface area contributed by atoms with Crippen LogP contribution in [0.4, 0.5) is 17.1 Å². The first-order valence-electron chi connectivity index (χ1n) is 20.1. The van der Waals surface area contributed by atoms with E-state index in [9.17, 15) is 0 Å². The number of aromatic nitrogens is 1. The Morgan fingerprint density at radius 2 is 1.23 bits per heavy atom. The highest BCUT2D eigenvalue weighted by Gasteiger charge is 2.46. The van der Waals surface area contributed by atoms with Crippen LogP contribution in [0.25, 0.3) is 76.8 Å². The minimum absolute atomic E-state index is 0.0479. The predicted molar refractivity (Wildman–Crippen MR) is 235 cm³/mol. The second-order valence-electron chi connectivity index (χ2n) is 17.9. The van der Waals surface area contributed by atoms with Crippen LogP contribution in [0, 0.1) is 6.92 Å². The Morgan fingerprint density at radius 1 is 0.571 bits per heavy atom. The number of rotatable bonds is 1. The zero-order valence-electron chi connectivity index (χ0n) is 32.2. The van der Waals surface area contributed by atoms with Crippen molar-refractivity contribution in [1.29, 1.82) is 0 Å². The van der Waals surface area contributed by atoms with Crippen LogP contribution >= 0.6 is 0 Å². The van der Waals surface area contributed by atoms with Gasteiger partial charge in [0.25, 0.3) is 0 Å². The molecule has 0 bridgehead atoms. The van der Waals surface area contributed by atoms with E-state index in [0.717, 1.165) is 61.5 Å². The number of fused-ring (bicyclic) bond motifs is 16. The maximum Gasteiger partial charge on any atom is 0.333 e. The third-order valence-corrected chi connectivity index (χ3v) is 13.9. The topological polar surface area (TPSA) is 34.5 Å². The third kappa shape index (κ3) is 3.68. The van der Waals surface area contributed by atoms with Crippen molar-refractivity contribution in [2.24, 2.45) is 0 Å². The highest BCUT2D eigenvalue weighted by molar-refractivity contribution is 6.90. The maximum atomic E-state index is 7.07. The first-order valence-corrected chi connectivity index (χ1v) is 20.1. The van der Waals surface area contributed by atoms with Crippen molar-refractivity contribution >= 4 is 101 Å². The van der Waals surface area contributed by atoms with E-state index < -0.39 is 0 Å². The van der Waals surface area contributed by atoms with Gasteiger partial charge in [-0.15, -0.1) is 0 Å². The zero-order chi connectivity index (χ0) is 37.4. The second kappa shape index (κ2) is 10.2. The van der Waals surface area contributed by atoms with E-state index in [-0.39, 0.29) is 17.7 Å². The van der Waals surface area contributed by atoms with E-state index in [0.29, 0.717) is 0 Å². The minimum atomic E-state index is -0.127. The first kappa shape index (κ1) is 31.1. The standard InChI is InChI=1S/C51H39BN2O2/c1-28-25-36-37(51(4,5)24-23-50(36,2)3)27-39(28)53-40-26-29-13-6-7-14-30(29)43-34-17-12-18-35-45(34)54(46-33-16-9-11-20-42(33)56-49(35)46)52(44(40)43)38-22-21-32-31-15-8-10-19-41(31)55-48(32)47(38)53/h6-22,25-27H,23-24H2,1-5H3. The van der Waals surface area contributed by atoms with E-state index in [1.807, 2.05) is 0 Å². The highest BCUT2D eigenvalue weighted by Crippen LogP contribution is 2.53. The van der Waals surface area contributed by atoms with E-state index in [4.69, 9.17) is 8.83 Å². The molecule has 2 aliphatic heterocycles. The van der Waals surface area contributed by atoms with E-state index in [2.05, 4.69) is 165 Å². The molecule has 0 saturated heterocycles. The molecular weight excluding hydrogens is 683 g/mol. The monoisotopic (exact) mass is 722 g/mol. The number of nitrogens with zero attached hydrogens (tertiary/aromatic N) is 2. The molecule has 7 aromatic carbocycles. The summed E-state index contributed by atoms with van der Waals surface area (Å²) in [6.45, 7) is 11.9. The van der Waals surface area contributed by atoms with Gasteiger partial charge in [0.15, 0.2) is 11.2 Å². The molecule has 268 valence electrons. The van der Waals surface area contributed by atoms with Crippen molar-refractivity contribution in [3.63, 3.8) is 0 Å². The van der Waals surface area contributed by atoms with E-state index >= 15 is 0 Å². The van der Waals surface area contributed by atoms with Crippen LogP contribution in [0.15, 0.2) is 130 Å². The van der Waals surface area contributed by atoms with Gasteiger partial charge in [0.05, 0.1) is 11.2 Å². The van der Waals surface area contributed by atoms with Gasteiger partial charge >= 0.3 is 6.85 Å². The van der Waals surface area contributed by atoms with Crippen LogP contribution in [-0.4, -0.2) is 11.3 Å². The molecule has 0 atom stereocenters. The molecule has 5 heterocycles. The van der Waals surface area contributed by atoms with E-state index in [1.165, 1.54) is 72.8 Å². The quantitative estimate of drug-likeness (QED) is 0.158. The molecule has 0 saturated carbocycles. The molecule has 3 aromatic heterocycles. The summed E-state index contributed by atoms with van der Waals surface area (Å²) >= 11 is 0. The molecule has 0 fully saturated rings. The van der Waals surface area contributed by atoms with Gasteiger partial charge in [-0.2, -0.15) is 0 Å². The minimum Gasteiger partial charge on any atom is -0.454 e. The number of furan rings is 2. The average molecular weight is 723 g/mol. The van der Waals surface area contributed by atoms with Gasteiger partial charge in [0.2, 0.25) is 0 Å². The van der Waals surface area contributed by atoms with Gasteiger partial charge in [-0.25, -0.2) is 0 Å². The van der Waals surface area contributed by atoms with Gasteiger partial charge in [-0.1, -0.05) is 113 Å². The van der Waals surface area contributed by atoms with Gasteiger partial charge in [-0.3, -0.25) is 0 Å². The third-order valence-electron chi connectivity index (χ3n) is 13.9. The number of para-hydroxylation sites is 3. The van der Waals surface area contributed by atoms with Crippen molar-refractivity contribution in [2.75, 3.05) is 4.90 Å². The molecule has 5 heteroatoms. The summed E-state index contributed by atoms with van der Waals surface area (Å²) in [6.07, 6.45) is 2.34. The van der Waals surface area contributed by atoms with Crippen LogP contribution in [0.5, 0.6) is 0 Å². The summed E-state index contributed by atoms with van der Waals surface area (Å²) in [7, 11) is 0. The van der Waals surface area contributed by atoms with Gasteiger partial charge < -0.3 is 18.2 Å². The lowest BCUT2D eigenvalue weighted by Crippen LogP contribution is -2.56. The Kier molecular flexibility index (Phi) is 5.63. The van der Waals surface area contributed by atoms with Gasteiger partial charge in [0.1, 0.15) is 11.2 Å². The fraction of sp³-hybridized carbons (Fsp3) is 0.176. The molecule has 0 unspecified atom stereocenters. The molecule has 0 N–H and O–H groups in total. The van der Waals surface area contributed by atoms with Crippen LogP contribution in [0.3, 0.4) is 0 Å². The fourth-order valence-corrected chi connectivity index (χ4v) is 11.1. The molecule has 10 aromatic rings. The van der Waals surface area contributed by atoms with Crippen molar-refractivity contribution in [2.45, 2.75) is 58.3 Å². The Morgan fingerprint density at radius 3 is 2.04 bits per heavy atom. The summed E-state index contributed by atoms with van der Waals surface area (Å²) in [4.78, 5) is 2.59. The van der Waals surface area contributed by atoms with Crippen molar-refractivity contribution in [3.05, 3.63) is 138 Å². The van der Waals surface area contributed by atoms with Crippen molar-refractivity contribution < 1.29 is 8.83 Å². The van der Waals surface area contributed by atoms with Crippen LogP contribution < -0.4 is 15.8 Å². The summed E-state index contributed by atoms with van der Waals surface area (Å²) in [5.41, 5.74) is 19.1. The summed E-state index contributed by atoms with van der Waals surface area (Å²) in [5.74, 6) is 0. The SMILES string of the molecule is Cc1cc2c(cc1N1c3cc4ccccc4c4c3B(c3ccc5c(oc6ccccc65)c31)n1c3c-4cccc3c3oc4ccccc4c31)C(C)(C)CCC2(C)C. The fourth-order valence-electron chi connectivity index (χ4n) is 11.1. The zero-order valence-corrected chi connectivity index (χ0v) is 32.2. The molecule has 13 rings (SSSR count). The van der Waals surface area contributed by atoms with Gasteiger partial charge in [-0.05, 0) is 111 Å². The lowest BCUT2D eigenvalue weighted by Gasteiger charge is -2.44. The Bertz CT molecular complexity index is 3410. The number of hydrogen-bond acceptors (Lipinski definition) is 3. The van der Waals surface area contributed by atoms with Crippen LogP contribution in [-0.2, 0) is 10.8 Å². The molecule has 1 aliphatic carbocycles. The summed E-state index contributed by atoms with van der Waals surface area (Å²) in [6, 6.07) is 45.0. The number of anilines is 3. The maximum absolute atomic E-state index is 7.07. The Balaban J connectivity index is 1.25. The van der Waals surface area contributed by atoms with Crippen LogP contribution in [0.2, 0.25) is 0 Å². The van der Waals surface area contributed by atoms with Gasteiger partial charge in [0, 0.05) is 44.0 Å².